The zero-order valence-electron chi connectivity index (χ0n) is 18.4. The SMILES string of the molecule is CCC(CC)c1nnc(NC(=O)C=Cc2cn(-c3ccccc3)nc2-c2ccc(F)cc2)s1. The Hall–Kier alpha value is -3.65. The van der Waals surface area contributed by atoms with Crippen molar-refractivity contribution in [3.05, 3.63) is 83.3 Å². The van der Waals surface area contributed by atoms with Crippen molar-refractivity contribution >= 4 is 28.5 Å². The van der Waals surface area contributed by atoms with E-state index in [1.165, 1.54) is 29.5 Å². The van der Waals surface area contributed by atoms with Gasteiger partial charge in [0.05, 0.1) is 11.4 Å². The average molecular weight is 462 g/mol. The summed E-state index contributed by atoms with van der Waals surface area (Å²) in [6.45, 7) is 4.23. The second-order valence-electron chi connectivity index (χ2n) is 7.50. The molecule has 0 atom stereocenters. The molecule has 4 aromatic rings. The Morgan fingerprint density at radius 2 is 1.82 bits per heavy atom. The zero-order valence-corrected chi connectivity index (χ0v) is 19.2. The van der Waals surface area contributed by atoms with Crippen LogP contribution >= 0.6 is 11.3 Å². The van der Waals surface area contributed by atoms with E-state index in [1.807, 2.05) is 36.5 Å². The van der Waals surface area contributed by atoms with Gasteiger partial charge in [-0.3, -0.25) is 10.1 Å². The van der Waals surface area contributed by atoms with E-state index in [4.69, 9.17) is 0 Å². The maximum Gasteiger partial charge on any atom is 0.250 e. The lowest BCUT2D eigenvalue weighted by atomic mass is 10.1. The fourth-order valence-corrected chi connectivity index (χ4v) is 4.47. The number of nitrogens with one attached hydrogen (secondary N) is 1. The van der Waals surface area contributed by atoms with Crippen LogP contribution in [0.4, 0.5) is 9.52 Å². The van der Waals surface area contributed by atoms with Crippen LogP contribution < -0.4 is 5.32 Å². The van der Waals surface area contributed by atoms with Crippen LogP contribution in [0.3, 0.4) is 0 Å². The van der Waals surface area contributed by atoms with Crippen LogP contribution in [-0.2, 0) is 4.79 Å². The van der Waals surface area contributed by atoms with Crippen LogP contribution in [-0.4, -0.2) is 25.9 Å². The fourth-order valence-electron chi connectivity index (χ4n) is 3.45. The highest BCUT2D eigenvalue weighted by Gasteiger charge is 2.15. The third kappa shape index (κ3) is 5.40. The highest BCUT2D eigenvalue weighted by atomic mass is 32.1. The van der Waals surface area contributed by atoms with E-state index in [-0.39, 0.29) is 11.7 Å². The third-order valence-corrected chi connectivity index (χ3v) is 6.30. The number of para-hydroxylation sites is 1. The van der Waals surface area contributed by atoms with Crippen LogP contribution in [0.2, 0.25) is 0 Å². The molecule has 0 radical (unpaired) electrons. The van der Waals surface area contributed by atoms with Gasteiger partial charge in [0.1, 0.15) is 10.8 Å². The summed E-state index contributed by atoms with van der Waals surface area (Å²) in [4.78, 5) is 12.5. The first kappa shape index (κ1) is 22.5. The lowest BCUT2D eigenvalue weighted by Crippen LogP contribution is -2.07. The van der Waals surface area contributed by atoms with E-state index in [9.17, 15) is 9.18 Å². The second kappa shape index (κ2) is 10.3. The summed E-state index contributed by atoms with van der Waals surface area (Å²) in [5.41, 5.74) is 3.02. The van der Waals surface area contributed by atoms with Crippen molar-refractivity contribution in [2.24, 2.45) is 0 Å². The summed E-state index contributed by atoms with van der Waals surface area (Å²) < 4.78 is 15.2. The van der Waals surface area contributed by atoms with Crippen LogP contribution in [0.15, 0.2) is 66.9 Å². The molecule has 0 fully saturated rings. The van der Waals surface area contributed by atoms with Crippen molar-refractivity contribution in [3.63, 3.8) is 0 Å². The molecule has 0 saturated heterocycles. The number of carbonyl (C=O) groups excluding carboxylic acids is 1. The number of nitrogens with zero attached hydrogens (tertiary/aromatic N) is 4. The molecule has 0 aliphatic rings. The molecule has 8 heteroatoms. The zero-order chi connectivity index (χ0) is 23.2. The van der Waals surface area contributed by atoms with E-state index in [2.05, 4.69) is 34.5 Å². The van der Waals surface area contributed by atoms with Crippen molar-refractivity contribution in [1.29, 1.82) is 0 Å². The summed E-state index contributed by atoms with van der Waals surface area (Å²) in [5, 5.41) is 17.2. The van der Waals surface area contributed by atoms with Gasteiger partial charge >= 0.3 is 0 Å². The molecule has 0 aliphatic carbocycles. The van der Waals surface area contributed by atoms with Gasteiger partial charge in [-0.25, -0.2) is 9.07 Å². The monoisotopic (exact) mass is 461 g/mol. The molecule has 1 amide bonds. The summed E-state index contributed by atoms with van der Waals surface area (Å²) in [7, 11) is 0. The number of carbonyl (C=O) groups is 1. The highest BCUT2D eigenvalue weighted by Crippen LogP contribution is 2.28. The smallest absolute Gasteiger partial charge is 0.250 e. The fraction of sp³-hybridized carbons (Fsp3) is 0.200. The van der Waals surface area contributed by atoms with Crippen molar-refractivity contribution in [3.8, 4) is 16.9 Å². The molecule has 2 aromatic heterocycles. The molecule has 0 saturated carbocycles. The summed E-state index contributed by atoms with van der Waals surface area (Å²) in [6.07, 6.45) is 6.95. The van der Waals surface area contributed by atoms with Crippen molar-refractivity contribution in [1.82, 2.24) is 20.0 Å². The average Bonchev–Trinajstić information content (AvgIpc) is 3.47. The Morgan fingerprint density at radius 1 is 1.09 bits per heavy atom. The largest absolute Gasteiger partial charge is 0.297 e. The van der Waals surface area contributed by atoms with E-state index < -0.39 is 0 Å². The molecule has 168 valence electrons. The van der Waals surface area contributed by atoms with E-state index in [1.54, 1.807) is 22.9 Å². The van der Waals surface area contributed by atoms with Gasteiger partial charge in [-0.05, 0) is 55.3 Å². The first-order chi connectivity index (χ1) is 16.1. The number of hydrogen-bond acceptors (Lipinski definition) is 5. The molecule has 0 spiro atoms. The number of rotatable bonds is 8. The van der Waals surface area contributed by atoms with Gasteiger partial charge in [0.2, 0.25) is 11.0 Å². The van der Waals surface area contributed by atoms with Crippen molar-refractivity contribution < 1.29 is 9.18 Å². The van der Waals surface area contributed by atoms with Crippen molar-refractivity contribution in [2.45, 2.75) is 32.6 Å². The number of amides is 1. The van der Waals surface area contributed by atoms with Gasteiger partial charge in [-0.15, -0.1) is 10.2 Å². The number of anilines is 1. The van der Waals surface area contributed by atoms with Gasteiger partial charge in [-0.2, -0.15) is 5.10 Å². The van der Waals surface area contributed by atoms with E-state index in [0.717, 1.165) is 34.7 Å². The Labute approximate surface area is 195 Å². The van der Waals surface area contributed by atoms with Gasteiger partial charge in [0.25, 0.3) is 0 Å². The topological polar surface area (TPSA) is 72.7 Å². The molecule has 2 heterocycles. The minimum absolute atomic E-state index is 0.306. The Morgan fingerprint density at radius 3 is 2.52 bits per heavy atom. The van der Waals surface area contributed by atoms with Crippen LogP contribution in [0.1, 0.15) is 43.2 Å². The second-order valence-corrected chi connectivity index (χ2v) is 8.51. The molecule has 6 nitrogen and oxygen atoms in total. The number of benzene rings is 2. The minimum Gasteiger partial charge on any atom is -0.297 e. The predicted molar refractivity (Wildman–Crippen MR) is 130 cm³/mol. The molecular formula is C25H24FN5OS. The number of hydrogen-bond donors (Lipinski definition) is 1. The standard InChI is InChI=1S/C25H24FN5OS/c1-3-17(4-2)24-28-29-25(33-24)27-22(32)15-12-19-16-31(21-8-6-5-7-9-21)30-23(19)18-10-13-20(26)14-11-18/h5-17H,3-4H2,1-2H3,(H,27,29,32). The maximum absolute atomic E-state index is 13.4. The van der Waals surface area contributed by atoms with Gasteiger partial charge < -0.3 is 0 Å². The number of halogens is 1. The molecule has 4 rings (SSSR count). The van der Waals surface area contributed by atoms with Crippen LogP contribution in [0, 0.1) is 5.82 Å². The Bertz CT molecular complexity index is 1240. The minimum atomic E-state index is -0.317. The quantitative estimate of drug-likeness (QED) is 0.323. The first-order valence-corrected chi connectivity index (χ1v) is 11.6. The Balaban J connectivity index is 1.58. The summed E-state index contributed by atoms with van der Waals surface area (Å²) >= 11 is 1.40. The van der Waals surface area contributed by atoms with Gasteiger partial charge in [0.15, 0.2) is 0 Å². The van der Waals surface area contributed by atoms with Crippen molar-refractivity contribution in [2.75, 3.05) is 5.32 Å². The molecule has 0 unspecified atom stereocenters. The lowest BCUT2D eigenvalue weighted by Gasteiger charge is -2.05. The molecule has 0 bridgehead atoms. The molecular weight excluding hydrogens is 437 g/mol. The number of aromatic nitrogens is 4. The summed E-state index contributed by atoms with van der Waals surface area (Å²) in [5.74, 6) is -0.270. The molecule has 2 aromatic carbocycles. The van der Waals surface area contributed by atoms with E-state index >= 15 is 0 Å². The predicted octanol–water partition coefficient (Wildman–Crippen LogP) is 6.09. The molecule has 0 aliphatic heterocycles. The highest BCUT2D eigenvalue weighted by molar-refractivity contribution is 7.15. The first-order valence-electron chi connectivity index (χ1n) is 10.8. The van der Waals surface area contributed by atoms with Crippen LogP contribution in [0.5, 0.6) is 0 Å². The Kier molecular flexibility index (Phi) is 7.04. The van der Waals surface area contributed by atoms with E-state index in [0.29, 0.717) is 16.7 Å². The normalized spacial score (nSPS) is 11.4. The van der Waals surface area contributed by atoms with Crippen LogP contribution in [0.25, 0.3) is 23.0 Å². The molecule has 33 heavy (non-hydrogen) atoms. The summed E-state index contributed by atoms with van der Waals surface area (Å²) in [6, 6.07) is 15.8. The van der Waals surface area contributed by atoms with Gasteiger partial charge in [0, 0.05) is 29.3 Å². The van der Waals surface area contributed by atoms with Gasteiger partial charge in [-0.1, -0.05) is 43.4 Å². The lowest BCUT2D eigenvalue weighted by molar-refractivity contribution is -0.111. The third-order valence-electron chi connectivity index (χ3n) is 5.30. The maximum atomic E-state index is 13.4. The molecule has 1 N–H and O–H groups in total.